The van der Waals surface area contributed by atoms with Crippen LogP contribution in [-0.2, 0) is 9.59 Å². The van der Waals surface area contributed by atoms with Gasteiger partial charge in [-0.3, -0.25) is 9.59 Å². The minimum atomic E-state index is -0.708. The molecule has 24 heavy (non-hydrogen) atoms. The minimum absolute atomic E-state index is 0.0700. The smallest absolute Gasteiger partial charge is 0.140 e. The number of rotatable bonds is 4. The first kappa shape index (κ1) is 21.0. The lowest BCUT2D eigenvalue weighted by Gasteiger charge is -2.22. The number of halogens is 1. The Morgan fingerprint density at radius 2 is 1.58 bits per heavy atom. The topological polar surface area (TPSA) is 94.8 Å². The molecule has 0 aliphatic heterocycles. The molecule has 0 saturated heterocycles. The van der Waals surface area contributed by atoms with E-state index in [1.54, 1.807) is 6.92 Å². The summed E-state index contributed by atoms with van der Waals surface area (Å²) in [5.41, 5.74) is 1.56. The summed E-state index contributed by atoms with van der Waals surface area (Å²) in [6.45, 7) is 3.08. The van der Waals surface area contributed by atoms with Gasteiger partial charge < -0.3 is 15.3 Å². The third-order valence-corrected chi connectivity index (χ3v) is 4.66. The molecule has 5 nitrogen and oxygen atoms in total. The van der Waals surface area contributed by atoms with E-state index in [0.29, 0.717) is 12.8 Å². The van der Waals surface area contributed by atoms with Crippen LogP contribution in [0.2, 0.25) is 0 Å². The molecule has 0 radical (unpaired) electrons. The van der Waals surface area contributed by atoms with Crippen LogP contribution in [0.4, 0.5) is 0 Å². The van der Waals surface area contributed by atoms with Gasteiger partial charge in [0, 0.05) is 22.7 Å². The second kappa shape index (κ2) is 9.42. The van der Waals surface area contributed by atoms with Crippen LogP contribution < -0.4 is 0 Å². The van der Waals surface area contributed by atoms with Gasteiger partial charge in [0.2, 0.25) is 0 Å². The summed E-state index contributed by atoms with van der Waals surface area (Å²) in [6.07, 6.45) is 1.13. The standard InChI is InChI=1S/C13H13BrO2.C5H12O3/c1-8-2-3-10(14)6-13(8)9-4-11(15)7-12(16)5-9;1-5(2-6,3-7)4-8/h2-3,6,9H,4-5,7H2,1H3;6-8H,2-4H2,1H3. The van der Waals surface area contributed by atoms with Crippen LogP contribution in [0.25, 0.3) is 0 Å². The summed E-state index contributed by atoms with van der Waals surface area (Å²) < 4.78 is 0.999. The van der Waals surface area contributed by atoms with Crippen LogP contribution in [-0.4, -0.2) is 46.7 Å². The second-order valence-corrected chi connectivity index (χ2v) is 7.56. The average Bonchev–Trinajstić information content (AvgIpc) is 2.56. The lowest BCUT2D eigenvalue weighted by atomic mass is 9.81. The summed E-state index contributed by atoms with van der Waals surface area (Å²) in [5.74, 6) is 0.215. The fourth-order valence-corrected chi connectivity index (χ4v) is 2.79. The van der Waals surface area contributed by atoms with Crippen molar-refractivity contribution < 1.29 is 24.9 Å². The van der Waals surface area contributed by atoms with E-state index in [4.69, 9.17) is 15.3 Å². The van der Waals surface area contributed by atoms with Crippen molar-refractivity contribution in [2.75, 3.05) is 19.8 Å². The summed E-state index contributed by atoms with van der Waals surface area (Å²) in [6, 6.07) is 6.01. The van der Waals surface area contributed by atoms with Crippen LogP contribution in [0.15, 0.2) is 22.7 Å². The fourth-order valence-electron chi connectivity index (χ4n) is 2.41. The highest BCUT2D eigenvalue weighted by Gasteiger charge is 2.27. The first-order valence-electron chi connectivity index (χ1n) is 7.86. The Labute approximate surface area is 150 Å². The van der Waals surface area contributed by atoms with E-state index in [1.807, 2.05) is 25.1 Å². The van der Waals surface area contributed by atoms with Crippen molar-refractivity contribution in [2.45, 2.75) is 39.0 Å². The molecular weight excluding hydrogens is 376 g/mol. The maximum absolute atomic E-state index is 11.4. The number of hydrogen-bond donors (Lipinski definition) is 3. The number of hydrogen-bond acceptors (Lipinski definition) is 5. The van der Waals surface area contributed by atoms with Gasteiger partial charge in [0.1, 0.15) is 11.6 Å². The van der Waals surface area contributed by atoms with Gasteiger partial charge in [-0.15, -0.1) is 0 Å². The molecule has 1 fully saturated rings. The predicted molar refractivity (Wildman–Crippen MR) is 94.8 cm³/mol. The molecule has 3 N–H and O–H groups in total. The van der Waals surface area contributed by atoms with Crippen molar-refractivity contribution in [3.63, 3.8) is 0 Å². The molecule has 0 amide bonds. The number of carbonyl (C=O) groups excluding carboxylic acids is 2. The zero-order valence-electron chi connectivity index (χ0n) is 14.1. The number of carbonyl (C=O) groups is 2. The number of benzene rings is 1. The lowest BCUT2D eigenvalue weighted by Crippen LogP contribution is -2.29. The summed E-state index contributed by atoms with van der Waals surface area (Å²) in [5, 5.41) is 25.4. The first-order valence-corrected chi connectivity index (χ1v) is 8.66. The number of ketones is 2. The van der Waals surface area contributed by atoms with Gasteiger partial charge in [0.05, 0.1) is 26.2 Å². The number of aryl methyl sites for hydroxylation is 1. The van der Waals surface area contributed by atoms with E-state index < -0.39 is 5.41 Å². The Hall–Kier alpha value is -1.08. The molecule has 2 rings (SSSR count). The number of aliphatic hydroxyl groups is 3. The summed E-state index contributed by atoms with van der Waals surface area (Å²) >= 11 is 3.42. The quantitative estimate of drug-likeness (QED) is 0.672. The molecule has 1 aliphatic carbocycles. The molecule has 134 valence electrons. The van der Waals surface area contributed by atoms with E-state index >= 15 is 0 Å². The highest BCUT2D eigenvalue weighted by molar-refractivity contribution is 9.10. The van der Waals surface area contributed by atoms with Gasteiger partial charge in [-0.2, -0.15) is 0 Å². The first-order chi connectivity index (χ1) is 11.2. The van der Waals surface area contributed by atoms with Crippen LogP contribution in [0.1, 0.15) is 43.2 Å². The average molecular weight is 401 g/mol. The van der Waals surface area contributed by atoms with E-state index in [-0.39, 0.29) is 43.7 Å². The minimum Gasteiger partial charge on any atom is -0.396 e. The van der Waals surface area contributed by atoms with Gasteiger partial charge in [0.25, 0.3) is 0 Å². The molecule has 6 heteroatoms. The Balaban J connectivity index is 0.000000307. The van der Waals surface area contributed by atoms with E-state index in [1.165, 1.54) is 0 Å². The highest BCUT2D eigenvalue weighted by Crippen LogP contribution is 2.32. The van der Waals surface area contributed by atoms with E-state index in [0.717, 1.165) is 15.6 Å². The molecule has 0 atom stereocenters. The highest BCUT2D eigenvalue weighted by atomic mass is 79.9. The maximum Gasteiger partial charge on any atom is 0.140 e. The van der Waals surface area contributed by atoms with Crippen molar-refractivity contribution in [1.82, 2.24) is 0 Å². The third kappa shape index (κ3) is 6.09. The molecule has 1 aromatic carbocycles. The monoisotopic (exact) mass is 400 g/mol. The molecule has 0 spiro atoms. The normalized spacial score (nSPS) is 15.9. The molecule has 0 heterocycles. The van der Waals surface area contributed by atoms with Gasteiger partial charge in [-0.1, -0.05) is 28.9 Å². The Morgan fingerprint density at radius 1 is 1.08 bits per heavy atom. The zero-order chi connectivity index (χ0) is 18.3. The molecule has 1 saturated carbocycles. The van der Waals surface area contributed by atoms with Gasteiger partial charge >= 0.3 is 0 Å². The maximum atomic E-state index is 11.4. The van der Waals surface area contributed by atoms with Crippen molar-refractivity contribution in [2.24, 2.45) is 5.41 Å². The SMILES string of the molecule is CC(CO)(CO)CO.Cc1ccc(Br)cc1C1CC(=O)CC(=O)C1. The van der Waals surface area contributed by atoms with Crippen LogP contribution in [0, 0.1) is 12.3 Å². The fraction of sp³-hybridized carbons (Fsp3) is 0.556. The number of aliphatic hydroxyl groups excluding tert-OH is 3. The largest absolute Gasteiger partial charge is 0.396 e. The van der Waals surface area contributed by atoms with Crippen molar-refractivity contribution in [3.05, 3.63) is 33.8 Å². The predicted octanol–water partition coefficient (Wildman–Crippen LogP) is 2.13. The Morgan fingerprint density at radius 3 is 2.00 bits per heavy atom. The van der Waals surface area contributed by atoms with E-state index in [2.05, 4.69) is 15.9 Å². The molecule has 1 aromatic rings. The van der Waals surface area contributed by atoms with Gasteiger partial charge in [-0.25, -0.2) is 0 Å². The Bertz CT molecular complexity index is 557. The Kier molecular flexibility index (Phi) is 8.22. The zero-order valence-corrected chi connectivity index (χ0v) is 15.7. The second-order valence-electron chi connectivity index (χ2n) is 6.65. The summed E-state index contributed by atoms with van der Waals surface area (Å²) in [4.78, 5) is 22.8. The van der Waals surface area contributed by atoms with Gasteiger partial charge in [-0.05, 0) is 36.1 Å². The van der Waals surface area contributed by atoms with Gasteiger partial charge in [0.15, 0.2) is 0 Å². The third-order valence-electron chi connectivity index (χ3n) is 4.17. The molecule has 0 bridgehead atoms. The van der Waals surface area contributed by atoms with Crippen molar-refractivity contribution in [1.29, 1.82) is 0 Å². The molecule has 0 aromatic heterocycles. The van der Waals surface area contributed by atoms with E-state index in [9.17, 15) is 9.59 Å². The number of Topliss-reactive ketones (excluding diaryl/α,β-unsaturated/α-hetero) is 2. The summed E-state index contributed by atoms with van der Waals surface area (Å²) in [7, 11) is 0. The van der Waals surface area contributed by atoms with Crippen LogP contribution in [0.3, 0.4) is 0 Å². The van der Waals surface area contributed by atoms with Crippen LogP contribution >= 0.6 is 15.9 Å². The molecule has 1 aliphatic rings. The van der Waals surface area contributed by atoms with Crippen LogP contribution in [0.5, 0.6) is 0 Å². The van der Waals surface area contributed by atoms with Crippen molar-refractivity contribution in [3.8, 4) is 0 Å². The lowest BCUT2D eigenvalue weighted by molar-refractivity contribution is -0.130. The molecular formula is C18H25BrO5. The van der Waals surface area contributed by atoms with Crippen molar-refractivity contribution >= 4 is 27.5 Å². The molecule has 0 unspecified atom stereocenters.